The van der Waals surface area contributed by atoms with Gasteiger partial charge in [-0.2, -0.15) is 9.97 Å². The van der Waals surface area contributed by atoms with E-state index in [9.17, 15) is 0 Å². The Hall–Kier alpha value is -2.35. The number of hydrogen-bond acceptors (Lipinski definition) is 6. The van der Waals surface area contributed by atoms with E-state index in [2.05, 4.69) is 40.3 Å². The summed E-state index contributed by atoms with van der Waals surface area (Å²) in [5.41, 5.74) is 0. The van der Waals surface area contributed by atoms with Crippen molar-refractivity contribution < 1.29 is 4.42 Å². The van der Waals surface area contributed by atoms with Crippen molar-refractivity contribution in [3.8, 4) is 0 Å². The van der Waals surface area contributed by atoms with E-state index in [1.165, 1.54) is 19.3 Å². The predicted octanol–water partition coefficient (Wildman–Crippen LogP) is 3.95. The second kappa shape index (κ2) is 9.20. The number of rotatable bonds is 5. The maximum atomic E-state index is 5.59. The van der Waals surface area contributed by atoms with Gasteiger partial charge in [-0.05, 0) is 62.4 Å². The summed E-state index contributed by atoms with van der Waals surface area (Å²) in [6, 6.07) is 6.04. The summed E-state index contributed by atoms with van der Waals surface area (Å²) in [7, 11) is 0. The second-order valence-electron chi connectivity index (χ2n) is 8.77. The Bertz CT molecular complexity index is 868. The van der Waals surface area contributed by atoms with E-state index in [-0.39, 0.29) is 0 Å². The molecule has 2 aromatic heterocycles. The molecule has 0 amide bonds. The lowest BCUT2D eigenvalue weighted by atomic mass is 9.92. The Morgan fingerprint density at radius 1 is 1.10 bits per heavy atom. The highest BCUT2D eigenvalue weighted by molar-refractivity contribution is 7.80. The number of aryl methyl sites for hydroxylation is 1. The summed E-state index contributed by atoms with van der Waals surface area (Å²) in [6.45, 7) is 11.2. The van der Waals surface area contributed by atoms with Gasteiger partial charge in [0.05, 0.1) is 6.54 Å². The van der Waals surface area contributed by atoms with Crippen LogP contribution in [0.5, 0.6) is 0 Å². The van der Waals surface area contributed by atoms with Crippen LogP contribution in [0, 0.1) is 18.8 Å². The molecule has 2 N–H and O–H groups in total. The summed E-state index contributed by atoms with van der Waals surface area (Å²) in [6.07, 6.45) is 3.69. The van der Waals surface area contributed by atoms with Crippen LogP contribution in [0.4, 0.5) is 17.6 Å². The molecule has 7 nitrogen and oxygen atoms in total. The van der Waals surface area contributed by atoms with E-state index in [4.69, 9.17) is 26.6 Å². The van der Waals surface area contributed by atoms with Gasteiger partial charge in [0.25, 0.3) is 0 Å². The summed E-state index contributed by atoms with van der Waals surface area (Å²) in [4.78, 5) is 14.3. The predicted molar refractivity (Wildman–Crippen MR) is 125 cm³/mol. The number of nitrogens with zero attached hydrogens (tertiary/aromatic N) is 4. The summed E-state index contributed by atoms with van der Waals surface area (Å²) in [5, 5.41) is 6.86. The van der Waals surface area contributed by atoms with Crippen LogP contribution in [-0.2, 0) is 6.54 Å². The zero-order chi connectivity index (χ0) is 21.1. The van der Waals surface area contributed by atoms with Gasteiger partial charge in [-0.3, -0.25) is 0 Å². The lowest BCUT2D eigenvalue weighted by molar-refractivity contribution is 0.355. The largest absolute Gasteiger partial charge is 0.465 e. The SMILES string of the molecule is Cc1ccc(CNC(=S)Nc2nc(N3CCCC3)cc(N3C[C@H](C)C[C@H](C)C3)n2)o1. The monoisotopic (exact) mass is 428 g/mol. The first kappa shape index (κ1) is 20.9. The Kier molecular flexibility index (Phi) is 6.41. The lowest BCUT2D eigenvalue weighted by Crippen LogP contribution is -2.39. The van der Waals surface area contributed by atoms with Crippen LogP contribution in [0.1, 0.15) is 44.6 Å². The van der Waals surface area contributed by atoms with Crippen molar-refractivity contribution in [2.45, 2.75) is 46.6 Å². The average molecular weight is 429 g/mol. The fourth-order valence-corrected chi connectivity index (χ4v) is 4.65. The molecule has 2 aliphatic heterocycles. The van der Waals surface area contributed by atoms with E-state index in [1.807, 2.05) is 19.1 Å². The number of hydrogen-bond donors (Lipinski definition) is 2. The third-order valence-electron chi connectivity index (χ3n) is 5.77. The Labute approximate surface area is 184 Å². The van der Waals surface area contributed by atoms with Crippen LogP contribution in [-0.4, -0.2) is 41.3 Å². The molecule has 2 aromatic rings. The molecular weight excluding hydrogens is 396 g/mol. The Balaban J connectivity index is 1.50. The van der Waals surface area contributed by atoms with Crippen molar-refractivity contribution in [2.75, 3.05) is 41.3 Å². The normalized spacial score (nSPS) is 21.7. The third-order valence-corrected chi connectivity index (χ3v) is 6.01. The first-order chi connectivity index (χ1) is 14.5. The molecule has 4 heterocycles. The average Bonchev–Trinajstić information content (AvgIpc) is 3.37. The number of nitrogens with one attached hydrogen (secondary N) is 2. The van der Waals surface area contributed by atoms with E-state index in [0.717, 1.165) is 49.3 Å². The van der Waals surface area contributed by atoms with Gasteiger partial charge < -0.3 is 24.9 Å². The van der Waals surface area contributed by atoms with Gasteiger partial charge in [0.1, 0.15) is 23.2 Å². The van der Waals surface area contributed by atoms with Crippen molar-refractivity contribution in [3.05, 3.63) is 29.7 Å². The molecule has 2 saturated heterocycles. The molecule has 30 heavy (non-hydrogen) atoms. The van der Waals surface area contributed by atoms with Crippen LogP contribution >= 0.6 is 12.2 Å². The zero-order valence-electron chi connectivity index (χ0n) is 18.1. The fraction of sp³-hybridized carbons (Fsp3) is 0.591. The van der Waals surface area contributed by atoms with Crippen LogP contribution in [0.25, 0.3) is 0 Å². The highest BCUT2D eigenvalue weighted by atomic mass is 32.1. The molecule has 0 radical (unpaired) electrons. The van der Waals surface area contributed by atoms with Crippen LogP contribution < -0.4 is 20.4 Å². The highest BCUT2D eigenvalue weighted by Crippen LogP contribution is 2.29. The van der Waals surface area contributed by atoms with Gasteiger partial charge in [-0.1, -0.05) is 13.8 Å². The van der Waals surface area contributed by atoms with E-state index in [1.54, 1.807) is 0 Å². The lowest BCUT2D eigenvalue weighted by Gasteiger charge is -2.36. The molecule has 2 atom stereocenters. The standard InChI is InChI=1S/C22H32N6OS/c1-15-10-16(2)14-28(13-15)20-11-19(27-8-4-5-9-27)24-21(25-20)26-22(30)23-12-18-7-6-17(3)29-18/h6-7,11,15-16H,4-5,8-10,12-14H2,1-3H3,(H2,23,24,25,26,30)/t15-,16+. The van der Waals surface area contributed by atoms with Crippen molar-refractivity contribution in [1.29, 1.82) is 0 Å². The van der Waals surface area contributed by atoms with Crippen LogP contribution in [0.3, 0.4) is 0 Å². The van der Waals surface area contributed by atoms with Crippen LogP contribution in [0.2, 0.25) is 0 Å². The van der Waals surface area contributed by atoms with Crippen molar-refractivity contribution in [1.82, 2.24) is 15.3 Å². The number of anilines is 3. The molecule has 2 aliphatic rings. The fourth-order valence-electron chi connectivity index (χ4n) is 4.49. The first-order valence-electron chi connectivity index (χ1n) is 11.0. The second-order valence-corrected chi connectivity index (χ2v) is 9.18. The van der Waals surface area contributed by atoms with E-state index >= 15 is 0 Å². The topological polar surface area (TPSA) is 69.5 Å². The molecule has 2 fully saturated rings. The maximum Gasteiger partial charge on any atom is 0.232 e. The van der Waals surface area contributed by atoms with Crippen molar-refractivity contribution in [2.24, 2.45) is 11.8 Å². The molecule has 0 aromatic carbocycles. The van der Waals surface area contributed by atoms with E-state index < -0.39 is 0 Å². The minimum atomic E-state index is 0.494. The molecular formula is C22H32N6OS. The molecule has 0 spiro atoms. The van der Waals surface area contributed by atoms with Gasteiger partial charge in [0.2, 0.25) is 5.95 Å². The van der Waals surface area contributed by atoms with Gasteiger partial charge >= 0.3 is 0 Å². The quantitative estimate of drug-likeness (QED) is 0.694. The van der Waals surface area contributed by atoms with Gasteiger partial charge in [0.15, 0.2) is 5.11 Å². The summed E-state index contributed by atoms with van der Waals surface area (Å²) in [5.74, 6) is 5.58. The molecule has 4 rings (SSSR count). The number of aromatic nitrogens is 2. The molecule has 0 aliphatic carbocycles. The van der Waals surface area contributed by atoms with Crippen molar-refractivity contribution >= 4 is 34.9 Å². The third kappa shape index (κ3) is 5.22. The number of piperidine rings is 1. The summed E-state index contributed by atoms with van der Waals surface area (Å²) < 4.78 is 5.59. The molecule has 162 valence electrons. The smallest absolute Gasteiger partial charge is 0.232 e. The van der Waals surface area contributed by atoms with Crippen LogP contribution in [0.15, 0.2) is 22.6 Å². The zero-order valence-corrected chi connectivity index (χ0v) is 19.0. The van der Waals surface area contributed by atoms with Crippen molar-refractivity contribution in [3.63, 3.8) is 0 Å². The molecule has 0 bridgehead atoms. The van der Waals surface area contributed by atoms with Gasteiger partial charge in [-0.15, -0.1) is 0 Å². The minimum absolute atomic E-state index is 0.494. The Morgan fingerprint density at radius 3 is 2.40 bits per heavy atom. The molecule has 0 saturated carbocycles. The minimum Gasteiger partial charge on any atom is -0.465 e. The molecule has 8 heteroatoms. The van der Waals surface area contributed by atoms with Gasteiger partial charge in [-0.25, -0.2) is 0 Å². The van der Waals surface area contributed by atoms with E-state index in [0.29, 0.717) is 29.4 Å². The maximum absolute atomic E-state index is 5.59. The molecule has 0 unspecified atom stereocenters. The Morgan fingerprint density at radius 2 is 1.77 bits per heavy atom. The first-order valence-corrected chi connectivity index (χ1v) is 11.4. The highest BCUT2D eigenvalue weighted by Gasteiger charge is 2.25. The summed E-state index contributed by atoms with van der Waals surface area (Å²) >= 11 is 5.49. The number of furan rings is 1. The number of thiocarbonyl (C=S) groups is 1. The van der Waals surface area contributed by atoms with Gasteiger partial charge in [0, 0.05) is 32.2 Å².